The summed E-state index contributed by atoms with van der Waals surface area (Å²) in [6.45, 7) is 9.45. The summed E-state index contributed by atoms with van der Waals surface area (Å²) in [7, 11) is -9.33. The molecule has 0 saturated heterocycles. The molecule has 19 heteroatoms. The van der Waals surface area contributed by atoms with E-state index in [9.17, 15) is 18.4 Å². The van der Waals surface area contributed by atoms with Gasteiger partial charge in [0.1, 0.15) is 23.4 Å². The number of alkyl halides is 2. The van der Waals surface area contributed by atoms with Crippen LogP contribution in [-0.4, -0.2) is 88.6 Å². The lowest BCUT2D eigenvalue weighted by molar-refractivity contribution is -0.146. The van der Waals surface area contributed by atoms with Gasteiger partial charge in [-0.1, -0.05) is 6.07 Å². The predicted octanol–water partition coefficient (Wildman–Crippen LogP) is 1.81. The number of ether oxygens (including phenoxy) is 2. The molecular weight excluding hydrogens is 588 g/mol. The third kappa shape index (κ3) is 56.0. The minimum atomic E-state index is -4.67. The average molecular weight is 630 g/mol. The number of rotatable bonds is 8. The Kier molecular flexibility index (Phi) is 24.9. The van der Waals surface area contributed by atoms with Gasteiger partial charge >= 0.3 is 32.7 Å². The highest BCUT2D eigenvalue weighted by Crippen LogP contribution is 2.16. The minimum absolute atomic E-state index is 0.00810. The third-order valence-corrected chi connectivity index (χ3v) is 3.16. The number of hydrogen-bond acceptors (Lipinski definition) is 11. The van der Waals surface area contributed by atoms with Gasteiger partial charge in [0.25, 0.3) is 0 Å². The molecule has 0 aromatic carbocycles. The monoisotopic (exact) mass is 629 g/mol. The van der Waals surface area contributed by atoms with Crippen molar-refractivity contribution in [1.29, 1.82) is 0 Å². The van der Waals surface area contributed by atoms with Gasteiger partial charge in [-0.05, 0) is 53.7 Å². The standard InChI is InChI=1S/2C8H16FNO2.C5H5N.2H2O4S/c2*1-4-12-7(11)6(10)5-8(2,3)9;1-2-4-6-5-3-1;2*1-5(2,3)4/h2*6H,4-5,10H2,1-3H3;1-5H;2*(H2,1,2,3,4)/t2*6-;;;/m00.../s1. The second-order valence-corrected chi connectivity index (χ2v) is 10.3. The van der Waals surface area contributed by atoms with E-state index in [2.05, 4.69) is 14.5 Å². The van der Waals surface area contributed by atoms with Crippen LogP contribution in [0.4, 0.5) is 8.78 Å². The van der Waals surface area contributed by atoms with Crippen LogP contribution in [0.2, 0.25) is 0 Å². The number of halogens is 2. The van der Waals surface area contributed by atoms with Crippen molar-refractivity contribution in [3.05, 3.63) is 30.6 Å². The van der Waals surface area contributed by atoms with Crippen molar-refractivity contribution in [2.75, 3.05) is 13.2 Å². The van der Waals surface area contributed by atoms with Gasteiger partial charge in [-0.25, -0.2) is 8.78 Å². The molecule has 0 aliphatic carbocycles. The molecule has 0 aliphatic rings. The molecule has 0 aliphatic heterocycles. The van der Waals surface area contributed by atoms with Crippen LogP contribution in [0.3, 0.4) is 0 Å². The number of carbonyl (C=O) groups excluding carboxylic acids is 2. The lowest BCUT2D eigenvalue weighted by Crippen LogP contribution is -2.37. The summed E-state index contributed by atoms with van der Waals surface area (Å²) in [5, 5.41) is 0. The first-order valence-corrected chi connectivity index (χ1v) is 14.0. The normalized spacial score (nSPS) is 12.6. The molecule has 15 nitrogen and oxygen atoms in total. The molecule has 1 rings (SSSR count). The Hall–Kier alpha value is -2.39. The van der Waals surface area contributed by atoms with Gasteiger partial charge in [0.05, 0.1) is 13.2 Å². The molecule has 0 unspecified atom stereocenters. The molecule has 40 heavy (non-hydrogen) atoms. The fourth-order valence-corrected chi connectivity index (χ4v) is 2.02. The van der Waals surface area contributed by atoms with Crippen LogP contribution in [0.15, 0.2) is 30.6 Å². The number of pyridine rings is 1. The molecule has 0 bridgehead atoms. The first-order valence-electron chi connectivity index (χ1n) is 11.2. The third-order valence-electron chi connectivity index (χ3n) is 3.16. The molecule has 1 aromatic heterocycles. The number of esters is 2. The van der Waals surface area contributed by atoms with Crippen LogP contribution in [0, 0.1) is 0 Å². The molecule has 0 fully saturated rings. The number of nitrogens with two attached hydrogens (primary N) is 2. The Morgan fingerprint density at radius 2 is 1.00 bits per heavy atom. The molecule has 0 amide bonds. The first-order chi connectivity index (χ1) is 17.7. The maximum absolute atomic E-state index is 13.0. The summed E-state index contributed by atoms with van der Waals surface area (Å²) in [5.41, 5.74) is 7.90. The predicted molar refractivity (Wildman–Crippen MR) is 141 cm³/mol. The summed E-state index contributed by atoms with van der Waals surface area (Å²) >= 11 is 0. The summed E-state index contributed by atoms with van der Waals surface area (Å²) in [4.78, 5) is 25.6. The van der Waals surface area contributed by atoms with Crippen LogP contribution in [0.1, 0.15) is 54.4 Å². The molecule has 0 spiro atoms. The highest BCUT2D eigenvalue weighted by molar-refractivity contribution is 7.80. The Bertz CT molecular complexity index is 893. The van der Waals surface area contributed by atoms with Gasteiger partial charge in [-0.3, -0.25) is 32.8 Å². The van der Waals surface area contributed by atoms with E-state index in [1.165, 1.54) is 27.7 Å². The first kappa shape index (κ1) is 44.6. The van der Waals surface area contributed by atoms with Crippen LogP contribution >= 0.6 is 0 Å². The lowest BCUT2D eigenvalue weighted by atomic mass is 10.0. The zero-order valence-corrected chi connectivity index (χ0v) is 24.7. The second-order valence-electron chi connectivity index (χ2n) is 8.48. The Morgan fingerprint density at radius 3 is 1.12 bits per heavy atom. The van der Waals surface area contributed by atoms with Crippen molar-refractivity contribution in [2.45, 2.75) is 77.8 Å². The Morgan fingerprint density at radius 1 is 0.750 bits per heavy atom. The number of carbonyl (C=O) groups is 2. The highest BCUT2D eigenvalue weighted by atomic mass is 32.3. The van der Waals surface area contributed by atoms with Gasteiger partial charge in [-0.15, -0.1) is 0 Å². The van der Waals surface area contributed by atoms with Gasteiger partial charge < -0.3 is 20.9 Å². The fourth-order valence-electron chi connectivity index (χ4n) is 2.02. The molecule has 0 saturated carbocycles. The summed E-state index contributed by atoms with van der Waals surface area (Å²) in [5.74, 6) is -1.08. The SMILES string of the molecule is CCOC(=O)[C@@H](N)CC(C)(C)F.CCOC(=O)[C@@H](N)CC(C)(C)F.O=S(=O)(O)O.O=S(=O)(O)O.c1ccncc1. The van der Waals surface area contributed by atoms with Crippen LogP contribution in [0.5, 0.6) is 0 Å². The van der Waals surface area contributed by atoms with Gasteiger partial charge in [0, 0.05) is 25.2 Å². The average Bonchev–Trinajstić information content (AvgIpc) is 2.71. The molecule has 1 aromatic rings. The Balaban J connectivity index is -0.000000214. The molecule has 2 atom stereocenters. The van der Waals surface area contributed by atoms with E-state index in [1.807, 2.05) is 18.2 Å². The van der Waals surface area contributed by atoms with E-state index < -0.39 is 56.2 Å². The maximum atomic E-state index is 13.0. The zero-order chi connectivity index (χ0) is 32.8. The van der Waals surface area contributed by atoms with Crippen molar-refractivity contribution in [1.82, 2.24) is 4.98 Å². The summed E-state index contributed by atoms with van der Waals surface area (Å²) in [6.07, 6.45) is 3.48. The van der Waals surface area contributed by atoms with Crippen molar-refractivity contribution < 1.29 is 62.9 Å². The van der Waals surface area contributed by atoms with Crippen LogP contribution in [0.25, 0.3) is 0 Å². The van der Waals surface area contributed by atoms with Crippen LogP contribution in [-0.2, 0) is 39.9 Å². The van der Waals surface area contributed by atoms with Gasteiger partial charge in [0.15, 0.2) is 0 Å². The summed E-state index contributed by atoms with van der Waals surface area (Å²) < 4.78 is 98.3. The van der Waals surface area contributed by atoms with Gasteiger partial charge in [0.2, 0.25) is 0 Å². The van der Waals surface area contributed by atoms with E-state index in [-0.39, 0.29) is 26.1 Å². The zero-order valence-electron chi connectivity index (χ0n) is 23.1. The van der Waals surface area contributed by atoms with E-state index in [0.717, 1.165) is 0 Å². The number of aromatic nitrogens is 1. The van der Waals surface area contributed by atoms with Gasteiger partial charge in [-0.2, -0.15) is 16.8 Å². The molecular formula is C21H41F2N3O12S2. The maximum Gasteiger partial charge on any atom is 0.394 e. The highest BCUT2D eigenvalue weighted by Gasteiger charge is 2.26. The molecule has 0 radical (unpaired) electrons. The Labute approximate surface area is 233 Å². The minimum Gasteiger partial charge on any atom is -0.465 e. The van der Waals surface area contributed by atoms with E-state index >= 15 is 0 Å². The molecule has 8 N–H and O–H groups in total. The number of hydrogen-bond donors (Lipinski definition) is 6. The van der Waals surface area contributed by atoms with Crippen molar-refractivity contribution in [3.63, 3.8) is 0 Å². The van der Waals surface area contributed by atoms with Crippen LogP contribution < -0.4 is 11.5 Å². The van der Waals surface area contributed by atoms with E-state index in [1.54, 1.807) is 26.2 Å². The molecule has 1 heterocycles. The van der Waals surface area contributed by atoms with E-state index in [4.69, 9.17) is 46.5 Å². The number of nitrogens with zero attached hydrogens (tertiary/aromatic N) is 1. The van der Waals surface area contributed by atoms with Crippen molar-refractivity contribution in [2.24, 2.45) is 11.5 Å². The van der Waals surface area contributed by atoms with Crippen molar-refractivity contribution >= 4 is 32.7 Å². The topological polar surface area (TPSA) is 267 Å². The van der Waals surface area contributed by atoms with E-state index in [0.29, 0.717) is 0 Å². The summed E-state index contributed by atoms with van der Waals surface area (Å²) in [6, 6.07) is 4.00. The largest absolute Gasteiger partial charge is 0.465 e. The fraction of sp³-hybridized carbons (Fsp3) is 0.667. The lowest BCUT2D eigenvalue weighted by Gasteiger charge is -2.18. The quantitative estimate of drug-likeness (QED) is 0.177. The molecule has 238 valence electrons. The second kappa shape index (κ2) is 22.3. The van der Waals surface area contributed by atoms with Crippen molar-refractivity contribution in [3.8, 4) is 0 Å². The smallest absolute Gasteiger partial charge is 0.394 e.